The molecule has 3 atom stereocenters. The number of nitriles is 2. The van der Waals surface area contributed by atoms with Gasteiger partial charge in [0.1, 0.15) is 5.82 Å². The van der Waals surface area contributed by atoms with Crippen LogP contribution >= 0.6 is 0 Å². The highest BCUT2D eigenvalue weighted by atomic mass is 19.1. The monoisotopic (exact) mass is 434 g/mol. The molecule has 0 spiro atoms. The molecule has 0 radical (unpaired) electrons. The maximum absolute atomic E-state index is 13.4. The zero-order valence-corrected chi connectivity index (χ0v) is 18.2. The Kier molecular flexibility index (Phi) is 7.98. The minimum atomic E-state index is -1.34. The van der Waals surface area contributed by atoms with Gasteiger partial charge in [-0.2, -0.15) is 10.5 Å². The zero-order chi connectivity index (χ0) is 23.0. The third kappa shape index (κ3) is 5.33. The first-order valence-electron chi connectivity index (χ1n) is 10.9. The summed E-state index contributed by atoms with van der Waals surface area (Å²) >= 11 is 0. The molecule has 0 saturated carbocycles. The Morgan fingerprint density at radius 1 is 1.09 bits per heavy atom. The van der Waals surface area contributed by atoms with Gasteiger partial charge < -0.3 is 9.47 Å². The van der Waals surface area contributed by atoms with Crippen LogP contribution in [0.4, 0.5) is 4.39 Å². The molecular formula is C26H27FN2O3. The van der Waals surface area contributed by atoms with Crippen molar-refractivity contribution in [2.45, 2.75) is 38.0 Å². The molecule has 6 heteroatoms. The van der Waals surface area contributed by atoms with Crippen LogP contribution in [0.5, 0.6) is 0 Å². The van der Waals surface area contributed by atoms with Crippen molar-refractivity contribution in [2.75, 3.05) is 19.8 Å². The van der Waals surface area contributed by atoms with Gasteiger partial charge in [0, 0.05) is 17.8 Å². The summed E-state index contributed by atoms with van der Waals surface area (Å²) < 4.78 is 24.6. The summed E-state index contributed by atoms with van der Waals surface area (Å²) in [5.74, 6) is -1.70. The Bertz CT molecular complexity index is 965. The lowest BCUT2D eigenvalue weighted by Crippen LogP contribution is -2.35. The van der Waals surface area contributed by atoms with Crippen LogP contribution in [-0.2, 0) is 14.3 Å². The summed E-state index contributed by atoms with van der Waals surface area (Å²) in [5, 5.41) is 20.5. The van der Waals surface area contributed by atoms with Crippen LogP contribution in [0.3, 0.4) is 0 Å². The number of hydrogen-bond acceptors (Lipinski definition) is 5. The minimum Gasteiger partial charge on any atom is -0.466 e. The fraction of sp³-hybridized carbons (Fsp3) is 0.423. The van der Waals surface area contributed by atoms with Gasteiger partial charge >= 0.3 is 5.97 Å². The molecule has 0 aromatic heterocycles. The van der Waals surface area contributed by atoms with Gasteiger partial charge in [-0.25, -0.2) is 4.39 Å². The van der Waals surface area contributed by atoms with Crippen molar-refractivity contribution in [2.24, 2.45) is 11.3 Å². The van der Waals surface area contributed by atoms with Gasteiger partial charge in [-0.15, -0.1) is 0 Å². The molecular weight excluding hydrogens is 407 g/mol. The van der Waals surface area contributed by atoms with E-state index in [1.165, 1.54) is 12.1 Å². The van der Waals surface area contributed by atoms with Crippen LogP contribution in [0.1, 0.15) is 49.1 Å². The van der Waals surface area contributed by atoms with Gasteiger partial charge in [-0.05, 0) is 43.0 Å². The van der Waals surface area contributed by atoms with E-state index in [0.717, 1.165) is 11.1 Å². The average molecular weight is 435 g/mol. The minimum absolute atomic E-state index is 0.0553. The molecule has 1 aliphatic rings. The van der Waals surface area contributed by atoms with Gasteiger partial charge in [-0.3, -0.25) is 4.79 Å². The lowest BCUT2D eigenvalue weighted by atomic mass is 9.64. The summed E-state index contributed by atoms with van der Waals surface area (Å²) in [5.41, 5.74) is 0.384. The first kappa shape index (κ1) is 23.4. The van der Waals surface area contributed by atoms with Crippen molar-refractivity contribution in [1.82, 2.24) is 0 Å². The van der Waals surface area contributed by atoms with Gasteiger partial charge in [0.25, 0.3) is 0 Å². The molecule has 0 amide bonds. The number of rotatable bonds is 5. The van der Waals surface area contributed by atoms with Crippen LogP contribution in [0.25, 0.3) is 0 Å². The van der Waals surface area contributed by atoms with Gasteiger partial charge in [0.2, 0.25) is 0 Å². The lowest BCUT2D eigenvalue weighted by Gasteiger charge is -2.35. The molecule has 5 nitrogen and oxygen atoms in total. The average Bonchev–Trinajstić information content (AvgIpc) is 2.88. The first-order chi connectivity index (χ1) is 15.5. The number of carbonyl (C=O) groups is 1. The molecule has 3 rings (SSSR count). The number of esters is 1. The molecule has 0 N–H and O–H groups in total. The summed E-state index contributed by atoms with van der Waals surface area (Å²) in [6, 6.07) is 20.2. The first-order valence-corrected chi connectivity index (χ1v) is 10.9. The Labute approximate surface area is 188 Å². The third-order valence-electron chi connectivity index (χ3n) is 6.17. The number of halogens is 1. The second-order valence-corrected chi connectivity index (χ2v) is 8.18. The van der Waals surface area contributed by atoms with Gasteiger partial charge in [0.05, 0.1) is 38.4 Å². The SMILES string of the molecule is CCOC(=O)CC1COCC(c2ccc(F)cc2)CCC(C#N)(C#N)C1c1ccccc1. The molecule has 32 heavy (non-hydrogen) atoms. The van der Waals surface area contributed by atoms with E-state index in [4.69, 9.17) is 9.47 Å². The number of hydrogen-bond donors (Lipinski definition) is 0. The topological polar surface area (TPSA) is 83.1 Å². The van der Waals surface area contributed by atoms with Crippen molar-refractivity contribution in [3.05, 3.63) is 71.5 Å². The predicted molar refractivity (Wildman–Crippen MR) is 117 cm³/mol. The molecule has 3 unspecified atom stereocenters. The third-order valence-corrected chi connectivity index (χ3v) is 6.17. The van der Waals surface area contributed by atoms with E-state index < -0.39 is 17.3 Å². The van der Waals surface area contributed by atoms with E-state index in [2.05, 4.69) is 12.1 Å². The molecule has 2 aromatic carbocycles. The molecule has 0 aliphatic carbocycles. The van der Waals surface area contributed by atoms with Crippen LogP contribution in [0.2, 0.25) is 0 Å². The largest absolute Gasteiger partial charge is 0.466 e. The standard InChI is InChI=1S/C26H27FN2O3/c1-2-32-24(30)14-22-16-31-15-21(19-8-10-23(27)11-9-19)12-13-26(17-28,18-29)25(22)20-6-4-3-5-7-20/h3-11,21-22,25H,2,12-16H2,1H3. The molecule has 2 aromatic rings. The highest BCUT2D eigenvalue weighted by Gasteiger charge is 2.46. The highest BCUT2D eigenvalue weighted by Crippen LogP contribution is 2.47. The predicted octanol–water partition coefficient (Wildman–Crippen LogP) is 5.11. The molecule has 1 saturated heterocycles. The van der Waals surface area contributed by atoms with E-state index >= 15 is 0 Å². The lowest BCUT2D eigenvalue weighted by molar-refractivity contribution is -0.145. The van der Waals surface area contributed by atoms with Crippen molar-refractivity contribution in [1.29, 1.82) is 10.5 Å². The smallest absolute Gasteiger partial charge is 0.306 e. The van der Waals surface area contributed by atoms with Gasteiger partial charge in [0.15, 0.2) is 5.41 Å². The second kappa shape index (κ2) is 10.9. The number of nitrogens with zero attached hydrogens (tertiary/aromatic N) is 2. The van der Waals surface area contributed by atoms with Crippen molar-refractivity contribution >= 4 is 5.97 Å². The van der Waals surface area contributed by atoms with Crippen LogP contribution in [0, 0.1) is 39.8 Å². The quantitative estimate of drug-likeness (QED) is 0.611. The highest BCUT2D eigenvalue weighted by molar-refractivity contribution is 5.70. The Morgan fingerprint density at radius 3 is 2.41 bits per heavy atom. The summed E-state index contributed by atoms with van der Waals surface area (Å²) in [4.78, 5) is 12.4. The molecule has 1 heterocycles. The van der Waals surface area contributed by atoms with Crippen molar-refractivity contribution < 1.29 is 18.7 Å². The fourth-order valence-electron chi connectivity index (χ4n) is 4.60. The molecule has 166 valence electrons. The number of ether oxygens (including phenoxy) is 2. The maximum atomic E-state index is 13.4. The van der Waals surface area contributed by atoms with E-state index in [1.807, 2.05) is 30.3 Å². The van der Waals surface area contributed by atoms with E-state index in [9.17, 15) is 19.7 Å². The second-order valence-electron chi connectivity index (χ2n) is 8.18. The van der Waals surface area contributed by atoms with E-state index in [-0.39, 0.29) is 37.3 Å². The summed E-state index contributed by atoms with van der Waals surface area (Å²) in [6.45, 7) is 2.58. The van der Waals surface area contributed by atoms with Gasteiger partial charge in [-0.1, -0.05) is 42.5 Å². The normalized spacial score (nSPS) is 22.9. The molecule has 1 fully saturated rings. The van der Waals surface area contributed by atoms with E-state index in [0.29, 0.717) is 19.4 Å². The van der Waals surface area contributed by atoms with Crippen LogP contribution < -0.4 is 0 Å². The Hall–Kier alpha value is -3.22. The molecule has 1 aliphatic heterocycles. The zero-order valence-electron chi connectivity index (χ0n) is 18.2. The summed E-state index contributed by atoms with van der Waals surface area (Å²) in [7, 11) is 0. The van der Waals surface area contributed by atoms with Crippen LogP contribution in [0.15, 0.2) is 54.6 Å². The number of carbonyl (C=O) groups excluding carboxylic acids is 1. The fourth-order valence-corrected chi connectivity index (χ4v) is 4.60. The summed E-state index contributed by atoms with van der Waals surface area (Å²) in [6.07, 6.45) is 0.895. The van der Waals surface area contributed by atoms with Crippen molar-refractivity contribution in [3.63, 3.8) is 0 Å². The van der Waals surface area contributed by atoms with Crippen LogP contribution in [-0.4, -0.2) is 25.8 Å². The van der Waals surface area contributed by atoms with E-state index in [1.54, 1.807) is 19.1 Å². The maximum Gasteiger partial charge on any atom is 0.306 e. The number of benzene rings is 2. The molecule has 0 bridgehead atoms. The Morgan fingerprint density at radius 2 is 1.78 bits per heavy atom. The van der Waals surface area contributed by atoms with Crippen molar-refractivity contribution in [3.8, 4) is 12.1 Å². The Balaban J connectivity index is 2.01.